The van der Waals surface area contributed by atoms with E-state index in [2.05, 4.69) is 0 Å². The predicted octanol–water partition coefficient (Wildman–Crippen LogP) is 4.23. The van der Waals surface area contributed by atoms with E-state index in [1.165, 1.54) is 6.92 Å². The summed E-state index contributed by atoms with van der Waals surface area (Å²) in [7, 11) is 0. The molecule has 4 nitrogen and oxygen atoms in total. The molecule has 0 bridgehead atoms. The van der Waals surface area contributed by atoms with Crippen molar-refractivity contribution in [2.24, 2.45) is 0 Å². The van der Waals surface area contributed by atoms with E-state index in [0.29, 0.717) is 11.3 Å². The van der Waals surface area contributed by atoms with Gasteiger partial charge in [-0.25, -0.2) is 4.79 Å². The highest BCUT2D eigenvalue weighted by atomic mass is 16.5. The van der Waals surface area contributed by atoms with Crippen LogP contribution in [0.25, 0.3) is 11.1 Å². The summed E-state index contributed by atoms with van der Waals surface area (Å²) in [6.45, 7) is 5.20. The van der Waals surface area contributed by atoms with Crippen molar-refractivity contribution in [1.29, 1.82) is 0 Å². The number of carbonyl (C=O) groups is 2. The van der Waals surface area contributed by atoms with Crippen LogP contribution < -0.4 is 4.74 Å². The Morgan fingerprint density at radius 1 is 1.04 bits per heavy atom. The minimum Gasteiger partial charge on any atom is -0.459 e. The van der Waals surface area contributed by atoms with E-state index in [4.69, 9.17) is 9.47 Å². The van der Waals surface area contributed by atoms with Gasteiger partial charge in [0.2, 0.25) is 0 Å². The fourth-order valence-corrected chi connectivity index (χ4v) is 2.04. The van der Waals surface area contributed by atoms with Crippen molar-refractivity contribution in [2.75, 3.05) is 0 Å². The van der Waals surface area contributed by atoms with Crippen molar-refractivity contribution in [2.45, 2.75) is 33.3 Å². The van der Waals surface area contributed by atoms with Crippen LogP contribution in [-0.2, 0) is 9.53 Å². The number of rotatable bonds is 5. The third-order valence-corrected chi connectivity index (χ3v) is 3.43. The largest absolute Gasteiger partial charge is 0.459 e. The lowest BCUT2D eigenvalue weighted by Crippen LogP contribution is -2.13. The standard InChI is InChI=1S/C19H20O4/c1-4-13(2)22-19(21)17-7-5-6-16(12-17)15-8-10-18(11-9-15)23-14(3)20/h5-13H,4H2,1-3H3/t13-/m1/s1. The molecular weight excluding hydrogens is 292 g/mol. The summed E-state index contributed by atoms with van der Waals surface area (Å²) in [6.07, 6.45) is 0.678. The zero-order valence-corrected chi connectivity index (χ0v) is 13.5. The summed E-state index contributed by atoms with van der Waals surface area (Å²) in [4.78, 5) is 23.0. The van der Waals surface area contributed by atoms with E-state index in [1.54, 1.807) is 24.3 Å². The van der Waals surface area contributed by atoms with Gasteiger partial charge in [-0.05, 0) is 48.7 Å². The molecule has 120 valence electrons. The molecule has 0 radical (unpaired) electrons. The average molecular weight is 312 g/mol. The highest BCUT2D eigenvalue weighted by Crippen LogP contribution is 2.24. The molecule has 0 fully saturated rings. The van der Waals surface area contributed by atoms with E-state index in [9.17, 15) is 9.59 Å². The lowest BCUT2D eigenvalue weighted by molar-refractivity contribution is -0.131. The Kier molecular flexibility index (Phi) is 5.52. The van der Waals surface area contributed by atoms with Crippen LogP contribution in [0.2, 0.25) is 0 Å². The van der Waals surface area contributed by atoms with Gasteiger partial charge >= 0.3 is 11.9 Å². The third-order valence-electron chi connectivity index (χ3n) is 3.43. The Morgan fingerprint density at radius 2 is 1.74 bits per heavy atom. The molecule has 0 heterocycles. The summed E-state index contributed by atoms with van der Waals surface area (Å²) >= 11 is 0. The van der Waals surface area contributed by atoms with Crippen molar-refractivity contribution in [3.8, 4) is 16.9 Å². The Bertz CT molecular complexity index is 689. The van der Waals surface area contributed by atoms with E-state index in [0.717, 1.165) is 17.5 Å². The summed E-state index contributed by atoms with van der Waals surface area (Å²) in [5, 5.41) is 0. The molecule has 23 heavy (non-hydrogen) atoms. The van der Waals surface area contributed by atoms with Gasteiger partial charge in [0.15, 0.2) is 0 Å². The molecule has 4 heteroatoms. The molecule has 0 saturated heterocycles. The van der Waals surface area contributed by atoms with Gasteiger partial charge in [-0.1, -0.05) is 31.2 Å². The fourth-order valence-electron chi connectivity index (χ4n) is 2.04. The second-order valence-electron chi connectivity index (χ2n) is 5.32. The summed E-state index contributed by atoms with van der Waals surface area (Å²) in [6, 6.07) is 14.4. The van der Waals surface area contributed by atoms with Gasteiger partial charge in [0.25, 0.3) is 0 Å². The SMILES string of the molecule is CC[C@@H](C)OC(=O)c1cccc(-c2ccc(OC(C)=O)cc2)c1. The van der Waals surface area contributed by atoms with Crippen LogP contribution in [0, 0.1) is 0 Å². The highest BCUT2D eigenvalue weighted by Gasteiger charge is 2.11. The maximum Gasteiger partial charge on any atom is 0.338 e. The minimum atomic E-state index is -0.354. The maximum atomic E-state index is 12.1. The first-order chi connectivity index (χ1) is 11.0. The summed E-state index contributed by atoms with van der Waals surface area (Å²) in [5.41, 5.74) is 2.35. The molecule has 2 rings (SSSR count). The lowest BCUT2D eigenvalue weighted by Gasteiger charge is -2.11. The Morgan fingerprint density at radius 3 is 2.35 bits per heavy atom. The van der Waals surface area contributed by atoms with Crippen LogP contribution in [0.5, 0.6) is 5.75 Å². The van der Waals surface area contributed by atoms with Crippen LogP contribution in [0.3, 0.4) is 0 Å². The molecule has 1 atom stereocenters. The number of ether oxygens (including phenoxy) is 2. The molecular formula is C19H20O4. The highest BCUT2D eigenvalue weighted by molar-refractivity contribution is 5.91. The van der Waals surface area contributed by atoms with Crippen LogP contribution in [0.1, 0.15) is 37.6 Å². The molecule has 0 aliphatic rings. The molecule has 2 aromatic carbocycles. The topological polar surface area (TPSA) is 52.6 Å². The molecule has 0 saturated carbocycles. The summed E-state index contributed by atoms with van der Waals surface area (Å²) < 4.78 is 10.4. The van der Waals surface area contributed by atoms with Gasteiger partial charge in [0.1, 0.15) is 5.75 Å². The van der Waals surface area contributed by atoms with Gasteiger partial charge in [-0.2, -0.15) is 0 Å². The molecule has 0 aliphatic heterocycles. The van der Waals surface area contributed by atoms with Crippen molar-refractivity contribution >= 4 is 11.9 Å². The monoisotopic (exact) mass is 312 g/mol. The number of carbonyl (C=O) groups excluding carboxylic acids is 2. The van der Waals surface area contributed by atoms with E-state index in [1.807, 2.05) is 38.1 Å². The van der Waals surface area contributed by atoms with E-state index >= 15 is 0 Å². The average Bonchev–Trinajstić information content (AvgIpc) is 2.55. The van der Waals surface area contributed by atoms with E-state index in [-0.39, 0.29) is 18.0 Å². The van der Waals surface area contributed by atoms with Crippen LogP contribution in [-0.4, -0.2) is 18.0 Å². The Hall–Kier alpha value is -2.62. The molecule has 0 N–H and O–H groups in total. The number of esters is 2. The van der Waals surface area contributed by atoms with Crippen LogP contribution >= 0.6 is 0 Å². The van der Waals surface area contributed by atoms with Crippen molar-refractivity contribution in [3.63, 3.8) is 0 Å². The van der Waals surface area contributed by atoms with Gasteiger partial charge in [0.05, 0.1) is 11.7 Å². The second kappa shape index (κ2) is 7.58. The van der Waals surface area contributed by atoms with Gasteiger partial charge in [0, 0.05) is 6.92 Å². The first-order valence-electron chi connectivity index (χ1n) is 7.59. The van der Waals surface area contributed by atoms with Gasteiger partial charge in [-0.3, -0.25) is 4.79 Å². The third kappa shape index (κ3) is 4.68. The zero-order chi connectivity index (χ0) is 16.8. The zero-order valence-electron chi connectivity index (χ0n) is 13.5. The smallest absolute Gasteiger partial charge is 0.338 e. The fraction of sp³-hybridized carbons (Fsp3) is 0.263. The first kappa shape index (κ1) is 16.7. The molecule has 0 spiro atoms. The van der Waals surface area contributed by atoms with Crippen LogP contribution in [0.4, 0.5) is 0 Å². The number of benzene rings is 2. The van der Waals surface area contributed by atoms with E-state index < -0.39 is 0 Å². The van der Waals surface area contributed by atoms with Crippen LogP contribution in [0.15, 0.2) is 48.5 Å². The quantitative estimate of drug-likeness (QED) is 0.612. The number of hydrogen-bond acceptors (Lipinski definition) is 4. The molecule has 0 unspecified atom stereocenters. The molecule has 2 aromatic rings. The number of hydrogen-bond donors (Lipinski definition) is 0. The summed E-state index contributed by atoms with van der Waals surface area (Å²) in [5.74, 6) is -0.182. The van der Waals surface area contributed by atoms with Crippen molar-refractivity contribution in [1.82, 2.24) is 0 Å². The normalized spacial score (nSPS) is 11.6. The Balaban J connectivity index is 2.19. The maximum absolute atomic E-state index is 12.1. The first-order valence-corrected chi connectivity index (χ1v) is 7.59. The molecule has 0 aromatic heterocycles. The second-order valence-corrected chi connectivity index (χ2v) is 5.32. The van der Waals surface area contributed by atoms with Gasteiger partial charge < -0.3 is 9.47 Å². The van der Waals surface area contributed by atoms with Gasteiger partial charge in [-0.15, -0.1) is 0 Å². The molecule has 0 aliphatic carbocycles. The minimum absolute atomic E-state index is 0.103. The molecule has 0 amide bonds. The Labute approximate surface area is 136 Å². The predicted molar refractivity (Wildman–Crippen MR) is 88.4 cm³/mol. The van der Waals surface area contributed by atoms with Crippen molar-refractivity contribution < 1.29 is 19.1 Å². The lowest BCUT2D eigenvalue weighted by atomic mass is 10.0. The van der Waals surface area contributed by atoms with Crippen molar-refractivity contribution in [3.05, 3.63) is 54.1 Å².